The van der Waals surface area contributed by atoms with Gasteiger partial charge in [0.25, 0.3) is 0 Å². The van der Waals surface area contributed by atoms with E-state index in [9.17, 15) is 0 Å². The van der Waals surface area contributed by atoms with Crippen molar-refractivity contribution in [3.8, 4) is 0 Å². The minimum absolute atomic E-state index is 0.534. The zero-order chi connectivity index (χ0) is 16.7. The number of unbranched alkanes of at least 4 members (excludes halogenated alkanes) is 1. The molecule has 2 aromatic rings. The smallest absolute Gasteiger partial charge is 0.214 e. The number of thiazole rings is 1. The topological polar surface area (TPSA) is 75.3 Å². The summed E-state index contributed by atoms with van der Waals surface area (Å²) < 4.78 is 5.54. The fourth-order valence-corrected chi connectivity index (χ4v) is 2.94. The van der Waals surface area contributed by atoms with Gasteiger partial charge in [-0.2, -0.15) is 0 Å². The van der Waals surface area contributed by atoms with Crippen LogP contribution in [0.2, 0.25) is 0 Å². The SMILES string of the molecule is CN=C(NCCCCc1nc(C)cs1)NCc1nc(C)c(C)o1. The number of oxazole rings is 1. The average molecular weight is 335 g/mol. The lowest BCUT2D eigenvalue weighted by molar-refractivity contribution is 0.463. The Morgan fingerprint density at radius 2 is 2.04 bits per heavy atom. The largest absolute Gasteiger partial charge is 0.444 e. The fraction of sp³-hybridized carbons (Fsp3) is 0.562. The van der Waals surface area contributed by atoms with Gasteiger partial charge in [-0.15, -0.1) is 11.3 Å². The number of nitrogens with zero attached hydrogens (tertiary/aromatic N) is 3. The van der Waals surface area contributed by atoms with Crippen LogP contribution in [0.25, 0.3) is 0 Å². The summed E-state index contributed by atoms with van der Waals surface area (Å²) >= 11 is 1.74. The van der Waals surface area contributed by atoms with Crippen molar-refractivity contribution in [2.45, 2.75) is 46.6 Å². The molecule has 23 heavy (non-hydrogen) atoms. The third-order valence-electron chi connectivity index (χ3n) is 3.48. The number of aryl methyl sites for hydroxylation is 4. The van der Waals surface area contributed by atoms with E-state index in [0.717, 1.165) is 48.9 Å². The van der Waals surface area contributed by atoms with Crippen LogP contribution in [0.4, 0.5) is 0 Å². The molecule has 0 atom stereocenters. The molecule has 0 aliphatic carbocycles. The van der Waals surface area contributed by atoms with Crippen LogP contribution in [0.3, 0.4) is 0 Å². The molecule has 7 heteroatoms. The van der Waals surface area contributed by atoms with Crippen molar-refractivity contribution in [3.63, 3.8) is 0 Å². The van der Waals surface area contributed by atoms with Crippen LogP contribution in [0.5, 0.6) is 0 Å². The normalized spacial score (nSPS) is 11.7. The molecular formula is C16H25N5OS. The Kier molecular flexibility index (Phi) is 6.58. The van der Waals surface area contributed by atoms with Gasteiger partial charge in [-0.3, -0.25) is 4.99 Å². The number of hydrogen-bond donors (Lipinski definition) is 2. The molecule has 0 aromatic carbocycles. The van der Waals surface area contributed by atoms with Gasteiger partial charge in [0.1, 0.15) is 5.76 Å². The zero-order valence-corrected chi connectivity index (χ0v) is 15.1. The second-order valence-electron chi connectivity index (χ2n) is 5.44. The standard InChI is InChI=1S/C16H25N5OS/c1-11-10-23-15(20-11)7-5-6-8-18-16(17-4)19-9-14-21-12(2)13(3)22-14/h10H,5-9H2,1-4H3,(H2,17,18,19). The van der Waals surface area contributed by atoms with E-state index in [2.05, 4.69) is 31.0 Å². The summed E-state index contributed by atoms with van der Waals surface area (Å²) in [6.07, 6.45) is 3.24. The lowest BCUT2D eigenvalue weighted by atomic mass is 10.2. The fourth-order valence-electron chi connectivity index (χ4n) is 2.12. The lowest BCUT2D eigenvalue weighted by Gasteiger charge is -2.10. The van der Waals surface area contributed by atoms with Crippen LogP contribution in [0.1, 0.15) is 40.9 Å². The van der Waals surface area contributed by atoms with E-state index in [0.29, 0.717) is 12.4 Å². The van der Waals surface area contributed by atoms with Crippen molar-refractivity contribution < 1.29 is 4.42 Å². The Morgan fingerprint density at radius 3 is 2.65 bits per heavy atom. The van der Waals surface area contributed by atoms with Gasteiger partial charge < -0.3 is 15.1 Å². The molecule has 0 amide bonds. The molecule has 2 heterocycles. The molecular weight excluding hydrogens is 310 g/mol. The predicted molar refractivity (Wildman–Crippen MR) is 94.0 cm³/mol. The van der Waals surface area contributed by atoms with Gasteiger partial charge in [0.05, 0.1) is 17.2 Å². The van der Waals surface area contributed by atoms with Crippen LogP contribution in [0.15, 0.2) is 14.8 Å². The van der Waals surface area contributed by atoms with Gasteiger partial charge in [-0.05, 0) is 40.0 Å². The van der Waals surface area contributed by atoms with Crippen LogP contribution in [-0.4, -0.2) is 29.5 Å². The van der Waals surface area contributed by atoms with E-state index in [4.69, 9.17) is 4.42 Å². The summed E-state index contributed by atoms with van der Waals surface area (Å²) in [5.41, 5.74) is 2.05. The highest BCUT2D eigenvalue weighted by Crippen LogP contribution is 2.11. The highest BCUT2D eigenvalue weighted by atomic mass is 32.1. The molecule has 0 aliphatic rings. The van der Waals surface area contributed by atoms with Gasteiger partial charge in [-0.1, -0.05) is 0 Å². The maximum atomic E-state index is 5.54. The van der Waals surface area contributed by atoms with E-state index in [1.165, 1.54) is 5.01 Å². The van der Waals surface area contributed by atoms with Crippen molar-refractivity contribution in [1.82, 2.24) is 20.6 Å². The molecule has 0 bridgehead atoms. The molecule has 126 valence electrons. The number of hydrogen-bond acceptors (Lipinski definition) is 5. The Hall–Kier alpha value is -1.89. The molecule has 0 unspecified atom stereocenters. The van der Waals surface area contributed by atoms with Gasteiger partial charge in [0, 0.05) is 24.7 Å². The van der Waals surface area contributed by atoms with Crippen molar-refractivity contribution in [3.05, 3.63) is 33.4 Å². The quantitative estimate of drug-likeness (QED) is 0.462. The summed E-state index contributed by atoms with van der Waals surface area (Å²) in [5, 5.41) is 9.84. The van der Waals surface area contributed by atoms with E-state index in [1.54, 1.807) is 18.4 Å². The maximum absolute atomic E-state index is 5.54. The van der Waals surface area contributed by atoms with Crippen LogP contribution >= 0.6 is 11.3 Å². The Bertz CT molecular complexity index is 627. The summed E-state index contributed by atoms with van der Waals surface area (Å²) in [6, 6.07) is 0. The molecule has 0 saturated heterocycles. The van der Waals surface area contributed by atoms with Gasteiger partial charge in [-0.25, -0.2) is 9.97 Å². The van der Waals surface area contributed by atoms with Gasteiger partial charge in [0.15, 0.2) is 5.96 Å². The summed E-state index contributed by atoms with van der Waals surface area (Å²) in [6.45, 7) is 7.32. The molecule has 0 radical (unpaired) electrons. The molecule has 0 spiro atoms. The lowest BCUT2D eigenvalue weighted by Crippen LogP contribution is -2.37. The first-order valence-electron chi connectivity index (χ1n) is 7.87. The van der Waals surface area contributed by atoms with E-state index >= 15 is 0 Å². The molecule has 0 saturated carbocycles. The van der Waals surface area contributed by atoms with E-state index in [-0.39, 0.29) is 0 Å². The summed E-state index contributed by atoms with van der Waals surface area (Å²) in [5.74, 6) is 2.31. The minimum atomic E-state index is 0.534. The highest BCUT2D eigenvalue weighted by Gasteiger charge is 2.06. The molecule has 0 fully saturated rings. The van der Waals surface area contributed by atoms with Crippen molar-refractivity contribution in [2.75, 3.05) is 13.6 Å². The number of nitrogens with one attached hydrogen (secondary N) is 2. The predicted octanol–water partition coefficient (Wildman–Crippen LogP) is 2.74. The molecule has 6 nitrogen and oxygen atoms in total. The van der Waals surface area contributed by atoms with Crippen molar-refractivity contribution in [1.29, 1.82) is 0 Å². The number of aliphatic imine (C=N–C) groups is 1. The first kappa shape index (κ1) is 17.5. The third kappa shape index (κ3) is 5.67. The third-order valence-corrected chi connectivity index (χ3v) is 4.51. The maximum Gasteiger partial charge on any atom is 0.214 e. The zero-order valence-electron chi connectivity index (χ0n) is 14.3. The summed E-state index contributed by atoms with van der Waals surface area (Å²) in [4.78, 5) is 13.0. The number of rotatable bonds is 7. The summed E-state index contributed by atoms with van der Waals surface area (Å²) in [7, 11) is 1.76. The molecule has 2 rings (SSSR count). The van der Waals surface area contributed by atoms with E-state index in [1.807, 2.05) is 20.8 Å². The monoisotopic (exact) mass is 335 g/mol. The number of aromatic nitrogens is 2. The minimum Gasteiger partial charge on any atom is -0.444 e. The Morgan fingerprint density at radius 1 is 1.22 bits per heavy atom. The highest BCUT2D eigenvalue weighted by molar-refractivity contribution is 7.09. The second-order valence-corrected chi connectivity index (χ2v) is 6.38. The first-order chi connectivity index (χ1) is 11.1. The molecule has 2 N–H and O–H groups in total. The molecule has 2 aromatic heterocycles. The Balaban J connectivity index is 1.63. The number of guanidine groups is 1. The van der Waals surface area contributed by atoms with Crippen molar-refractivity contribution in [2.24, 2.45) is 4.99 Å². The van der Waals surface area contributed by atoms with Crippen LogP contribution in [0, 0.1) is 20.8 Å². The average Bonchev–Trinajstić information content (AvgIpc) is 3.08. The van der Waals surface area contributed by atoms with E-state index < -0.39 is 0 Å². The van der Waals surface area contributed by atoms with Gasteiger partial charge >= 0.3 is 0 Å². The van der Waals surface area contributed by atoms with Crippen LogP contribution in [-0.2, 0) is 13.0 Å². The van der Waals surface area contributed by atoms with Crippen LogP contribution < -0.4 is 10.6 Å². The van der Waals surface area contributed by atoms with Crippen molar-refractivity contribution >= 4 is 17.3 Å². The molecule has 0 aliphatic heterocycles. The van der Waals surface area contributed by atoms with Gasteiger partial charge in [0.2, 0.25) is 5.89 Å². The Labute approximate surface area is 141 Å². The second kappa shape index (κ2) is 8.67. The first-order valence-corrected chi connectivity index (χ1v) is 8.75.